The van der Waals surface area contributed by atoms with Gasteiger partial charge in [0, 0.05) is 36.0 Å². The van der Waals surface area contributed by atoms with E-state index in [4.69, 9.17) is 9.97 Å². The highest BCUT2D eigenvalue weighted by Gasteiger charge is 2.17. The molecular formula is C25H21N9. The largest absolute Gasteiger partial charge is 0.368 e. The number of fused-ring (bicyclic) bond motifs is 2. The van der Waals surface area contributed by atoms with Crippen molar-refractivity contribution in [3.63, 3.8) is 0 Å². The van der Waals surface area contributed by atoms with Gasteiger partial charge < -0.3 is 20.6 Å². The highest BCUT2D eigenvalue weighted by molar-refractivity contribution is 6.03. The summed E-state index contributed by atoms with van der Waals surface area (Å²) in [7, 11) is 0. The van der Waals surface area contributed by atoms with E-state index < -0.39 is 0 Å². The number of hydrogen-bond acceptors (Lipinski definition) is 7. The molecule has 0 atom stereocenters. The quantitative estimate of drug-likeness (QED) is 0.338. The van der Waals surface area contributed by atoms with Crippen molar-refractivity contribution in [3.8, 4) is 22.9 Å². The van der Waals surface area contributed by atoms with Crippen LogP contribution in [0.2, 0.25) is 0 Å². The highest BCUT2D eigenvalue weighted by atomic mass is 15.1. The van der Waals surface area contributed by atoms with E-state index in [0.29, 0.717) is 5.82 Å². The molecule has 34 heavy (non-hydrogen) atoms. The normalized spacial score (nSPS) is 15.4. The molecule has 3 aromatic heterocycles. The van der Waals surface area contributed by atoms with E-state index in [9.17, 15) is 0 Å². The summed E-state index contributed by atoms with van der Waals surface area (Å²) in [5, 5.41) is 6.64. The van der Waals surface area contributed by atoms with E-state index in [1.165, 1.54) is 0 Å². The van der Waals surface area contributed by atoms with Gasteiger partial charge in [-0.25, -0.2) is 9.97 Å². The van der Waals surface area contributed by atoms with Crippen LogP contribution >= 0.6 is 0 Å². The molecule has 5 heterocycles. The van der Waals surface area contributed by atoms with Crippen molar-refractivity contribution >= 4 is 33.7 Å². The summed E-state index contributed by atoms with van der Waals surface area (Å²) < 4.78 is 0. The van der Waals surface area contributed by atoms with Crippen molar-refractivity contribution in [2.45, 2.75) is 0 Å². The molecule has 166 valence electrons. The average Bonchev–Trinajstić information content (AvgIpc) is 3.69. The van der Waals surface area contributed by atoms with Gasteiger partial charge >= 0.3 is 0 Å². The molecule has 0 bridgehead atoms. The molecule has 2 aliphatic heterocycles. The first-order chi connectivity index (χ1) is 16.8. The maximum Gasteiger partial charge on any atom is 0.157 e. The fourth-order valence-electron chi connectivity index (χ4n) is 4.52. The van der Waals surface area contributed by atoms with Gasteiger partial charge in [0.25, 0.3) is 0 Å². The summed E-state index contributed by atoms with van der Waals surface area (Å²) in [6, 6.07) is 16.2. The van der Waals surface area contributed by atoms with Crippen LogP contribution in [0.5, 0.6) is 0 Å². The first-order valence-corrected chi connectivity index (χ1v) is 11.3. The molecule has 4 N–H and O–H groups in total. The molecule has 9 heteroatoms. The smallest absolute Gasteiger partial charge is 0.157 e. The molecular weight excluding hydrogens is 426 g/mol. The Kier molecular flexibility index (Phi) is 4.20. The van der Waals surface area contributed by atoms with Gasteiger partial charge in [-0.15, -0.1) is 0 Å². The Bertz CT molecular complexity index is 1500. The Morgan fingerprint density at radius 3 is 1.91 bits per heavy atom. The van der Waals surface area contributed by atoms with Crippen LogP contribution in [-0.4, -0.2) is 62.8 Å². The van der Waals surface area contributed by atoms with Gasteiger partial charge in [0.05, 0.1) is 35.2 Å². The standard InChI is InChI=1S/C25H21N9/c1-2-16(24-31-17-5-3-14(12-19(17)33-24)22-27-8-9-28-22)21(26-7-1)25-32-18-6-4-15(13-20(18)34-25)23-29-10-11-30-23/h1-7,12-13H,8-11H2,(H,27,28)(H,29,30)(H,31,33)(H,32,34). The first kappa shape index (κ1) is 19.0. The Balaban J connectivity index is 1.30. The van der Waals surface area contributed by atoms with Gasteiger partial charge in [-0.1, -0.05) is 0 Å². The summed E-state index contributed by atoms with van der Waals surface area (Å²) in [6.07, 6.45) is 1.78. The summed E-state index contributed by atoms with van der Waals surface area (Å²) >= 11 is 0. The topological polar surface area (TPSA) is 119 Å². The zero-order valence-electron chi connectivity index (χ0n) is 18.3. The number of amidine groups is 2. The fourth-order valence-corrected chi connectivity index (χ4v) is 4.52. The monoisotopic (exact) mass is 447 g/mol. The van der Waals surface area contributed by atoms with Gasteiger partial charge in [0.15, 0.2) is 5.82 Å². The number of H-pyrrole nitrogens is 2. The molecule has 0 amide bonds. The second-order valence-corrected chi connectivity index (χ2v) is 8.35. The highest BCUT2D eigenvalue weighted by Crippen LogP contribution is 2.30. The molecule has 5 aromatic rings. The molecule has 9 nitrogen and oxygen atoms in total. The lowest BCUT2D eigenvalue weighted by atomic mass is 10.1. The van der Waals surface area contributed by atoms with Crippen molar-refractivity contribution in [1.29, 1.82) is 0 Å². The lowest BCUT2D eigenvalue weighted by Gasteiger charge is -2.03. The van der Waals surface area contributed by atoms with Crippen LogP contribution < -0.4 is 10.6 Å². The molecule has 0 unspecified atom stereocenters. The second kappa shape index (κ2) is 7.51. The Labute approximate surface area is 194 Å². The van der Waals surface area contributed by atoms with Crippen molar-refractivity contribution in [1.82, 2.24) is 35.6 Å². The molecule has 0 saturated heterocycles. The molecule has 2 aromatic carbocycles. The number of aliphatic imine (C=N–C) groups is 2. The molecule has 0 aliphatic carbocycles. The van der Waals surface area contributed by atoms with Crippen molar-refractivity contribution in [3.05, 3.63) is 65.9 Å². The summed E-state index contributed by atoms with van der Waals surface area (Å²) in [5.74, 6) is 3.31. The van der Waals surface area contributed by atoms with E-state index in [2.05, 4.69) is 53.8 Å². The lowest BCUT2D eigenvalue weighted by Crippen LogP contribution is -2.19. The Hall–Kier alpha value is -4.53. The molecule has 0 saturated carbocycles. The molecule has 7 rings (SSSR count). The lowest BCUT2D eigenvalue weighted by molar-refractivity contribution is 0.960. The van der Waals surface area contributed by atoms with Gasteiger partial charge in [-0.05, 0) is 48.5 Å². The van der Waals surface area contributed by atoms with Gasteiger partial charge in [0.2, 0.25) is 0 Å². The van der Waals surface area contributed by atoms with Crippen LogP contribution in [0.4, 0.5) is 0 Å². The predicted octanol–water partition coefficient (Wildman–Crippen LogP) is 2.87. The predicted molar refractivity (Wildman–Crippen MR) is 133 cm³/mol. The number of nitrogens with one attached hydrogen (secondary N) is 4. The summed E-state index contributed by atoms with van der Waals surface area (Å²) in [5.41, 5.74) is 7.42. The van der Waals surface area contributed by atoms with Gasteiger partial charge in [-0.3, -0.25) is 15.0 Å². The zero-order chi connectivity index (χ0) is 22.5. The van der Waals surface area contributed by atoms with Crippen LogP contribution in [-0.2, 0) is 0 Å². The van der Waals surface area contributed by atoms with Crippen LogP contribution in [0.1, 0.15) is 11.1 Å². The minimum Gasteiger partial charge on any atom is -0.368 e. The maximum atomic E-state index is 4.84. The second-order valence-electron chi connectivity index (χ2n) is 8.35. The average molecular weight is 448 g/mol. The third kappa shape index (κ3) is 3.13. The number of benzene rings is 2. The number of aromatic nitrogens is 5. The third-order valence-corrected chi connectivity index (χ3v) is 6.15. The molecule has 0 radical (unpaired) electrons. The number of rotatable bonds is 4. The molecule has 0 fully saturated rings. The third-order valence-electron chi connectivity index (χ3n) is 6.15. The van der Waals surface area contributed by atoms with Crippen molar-refractivity contribution in [2.24, 2.45) is 9.98 Å². The number of nitrogens with zero attached hydrogens (tertiary/aromatic N) is 5. The fraction of sp³-hybridized carbons (Fsp3) is 0.160. The Morgan fingerprint density at radius 1 is 0.676 bits per heavy atom. The number of imidazole rings is 2. The van der Waals surface area contributed by atoms with Gasteiger partial charge in [-0.2, -0.15) is 0 Å². The summed E-state index contributed by atoms with van der Waals surface area (Å²) in [4.78, 5) is 30.3. The van der Waals surface area contributed by atoms with E-state index >= 15 is 0 Å². The number of aromatic amines is 2. The van der Waals surface area contributed by atoms with Crippen LogP contribution in [0.15, 0.2) is 64.7 Å². The first-order valence-electron chi connectivity index (χ1n) is 11.3. The molecule has 2 aliphatic rings. The maximum absolute atomic E-state index is 4.84. The van der Waals surface area contributed by atoms with Crippen molar-refractivity contribution < 1.29 is 0 Å². The van der Waals surface area contributed by atoms with E-state index in [1.54, 1.807) is 6.20 Å². The molecule has 0 spiro atoms. The van der Waals surface area contributed by atoms with Crippen molar-refractivity contribution in [2.75, 3.05) is 26.2 Å². The Morgan fingerprint density at radius 2 is 1.29 bits per heavy atom. The minimum atomic E-state index is 0.703. The number of pyridine rings is 1. The number of hydrogen-bond donors (Lipinski definition) is 4. The van der Waals surface area contributed by atoms with E-state index in [1.807, 2.05) is 30.3 Å². The SMILES string of the molecule is c1cnc(-c2nc3ccc(C4=NCCN4)cc3[nH]2)c(-c2nc3ccc(C4=NCCN4)cc3[nH]2)c1. The van der Waals surface area contributed by atoms with Crippen LogP contribution in [0.3, 0.4) is 0 Å². The summed E-state index contributed by atoms with van der Waals surface area (Å²) in [6.45, 7) is 3.37. The van der Waals surface area contributed by atoms with E-state index in [0.717, 1.165) is 88.1 Å². The van der Waals surface area contributed by atoms with Gasteiger partial charge in [0.1, 0.15) is 23.2 Å². The van der Waals surface area contributed by atoms with Crippen LogP contribution in [0.25, 0.3) is 45.0 Å². The van der Waals surface area contributed by atoms with Crippen LogP contribution in [0, 0.1) is 0 Å². The van der Waals surface area contributed by atoms with E-state index in [-0.39, 0.29) is 0 Å². The minimum absolute atomic E-state index is 0.703. The zero-order valence-corrected chi connectivity index (χ0v) is 18.3.